The van der Waals surface area contributed by atoms with E-state index in [4.69, 9.17) is 9.47 Å². The summed E-state index contributed by atoms with van der Waals surface area (Å²) in [6, 6.07) is -0.984. The lowest BCUT2D eigenvalue weighted by Gasteiger charge is -2.40. The standard InChI is InChI=1S/C51H101NO9/c1-3-5-7-9-11-13-14-15-16-17-18-19-20-21-22-23-24-25-26-27-28-29-30-32-34-36-38-40-46(55)52-43(42-60-51-50(59)49(58)48(57)45(41-53)61-51)47(56)44(54)39-37-35-33-31-12-10-8-6-4-2/h43-45,47-51,53-54,56-59H,3-42H2,1-2H3,(H,52,55)/t43-,44+,45+,47-,48+,49?,50?,51+/m0/s1. The number of unbranched alkanes of at least 4 members (excludes halogenated alkanes) is 34. The Hall–Kier alpha value is -0.850. The van der Waals surface area contributed by atoms with Gasteiger partial charge in [-0.15, -0.1) is 0 Å². The lowest BCUT2D eigenvalue weighted by molar-refractivity contribution is -0.303. The zero-order valence-corrected chi connectivity index (χ0v) is 39.8. The summed E-state index contributed by atoms with van der Waals surface area (Å²) in [4.78, 5) is 13.0. The summed E-state index contributed by atoms with van der Waals surface area (Å²) >= 11 is 0. The third-order valence-corrected chi connectivity index (χ3v) is 13.1. The Morgan fingerprint density at radius 2 is 0.852 bits per heavy atom. The van der Waals surface area contributed by atoms with Crippen LogP contribution in [0.2, 0.25) is 0 Å². The summed E-state index contributed by atoms with van der Waals surface area (Å²) in [6.07, 6.45) is 37.2. The number of rotatable bonds is 45. The van der Waals surface area contributed by atoms with E-state index in [9.17, 15) is 35.4 Å². The van der Waals surface area contributed by atoms with Crippen molar-refractivity contribution in [2.24, 2.45) is 0 Å². The van der Waals surface area contributed by atoms with Gasteiger partial charge in [-0.1, -0.05) is 239 Å². The molecule has 1 amide bonds. The topological polar surface area (TPSA) is 169 Å². The highest BCUT2D eigenvalue weighted by Crippen LogP contribution is 2.23. The number of hydrogen-bond donors (Lipinski definition) is 7. The number of ether oxygens (including phenoxy) is 2. The van der Waals surface area contributed by atoms with Gasteiger partial charge in [0.25, 0.3) is 0 Å². The molecule has 0 aromatic carbocycles. The highest BCUT2D eigenvalue weighted by molar-refractivity contribution is 5.76. The monoisotopic (exact) mass is 872 g/mol. The highest BCUT2D eigenvalue weighted by atomic mass is 16.7. The molecule has 0 aromatic rings. The molecule has 0 saturated carbocycles. The van der Waals surface area contributed by atoms with Crippen molar-refractivity contribution in [1.82, 2.24) is 5.32 Å². The van der Waals surface area contributed by atoms with Crippen LogP contribution in [0.1, 0.15) is 258 Å². The summed E-state index contributed by atoms with van der Waals surface area (Å²) in [5, 5.41) is 65.1. The molecule has 10 heteroatoms. The molecule has 1 fully saturated rings. The molecule has 364 valence electrons. The molecule has 0 bridgehead atoms. The summed E-state index contributed by atoms with van der Waals surface area (Å²) in [7, 11) is 0. The quantitative estimate of drug-likeness (QED) is 0.0295. The Labute approximate surface area is 375 Å². The molecule has 0 spiro atoms. The number of nitrogens with one attached hydrogen (secondary N) is 1. The Kier molecular flexibility index (Phi) is 39.9. The van der Waals surface area contributed by atoms with Crippen molar-refractivity contribution < 1.29 is 44.9 Å². The molecule has 8 atom stereocenters. The molecule has 1 aliphatic heterocycles. The van der Waals surface area contributed by atoms with Crippen LogP contribution in [0.5, 0.6) is 0 Å². The largest absolute Gasteiger partial charge is 0.394 e. The first-order valence-electron chi connectivity index (χ1n) is 26.3. The predicted octanol–water partition coefficient (Wildman–Crippen LogP) is 10.9. The average Bonchev–Trinajstić information content (AvgIpc) is 3.26. The van der Waals surface area contributed by atoms with Gasteiger partial charge in [0, 0.05) is 6.42 Å². The van der Waals surface area contributed by atoms with Crippen LogP contribution in [0.4, 0.5) is 0 Å². The van der Waals surface area contributed by atoms with Crippen molar-refractivity contribution in [1.29, 1.82) is 0 Å². The van der Waals surface area contributed by atoms with Gasteiger partial charge in [-0.3, -0.25) is 4.79 Å². The molecule has 1 saturated heterocycles. The van der Waals surface area contributed by atoms with Crippen molar-refractivity contribution in [3.63, 3.8) is 0 Å². The van der Waals surface area contributed by atoms with Gasteiger partial charge in [0.2, 0.25) is 5.91 Å². The van der Waals surface area contributed by atoms with Gasteiger partial charge in [0.1, 0.15) is 30.5 Å². The zero-order chi connectivity index (χ0) is 44.6. The number of carbonyl (C=O) groups is 1. The first kappa shape index (κ1) is 58.2. The molecule has 61 heavy (non-hydrogen) atoms. The number of aliphatic hydroxyl groups excluding tert-OH is 6. The van der Waals surface area contributed by atoms with Crippen LogP contribution < -0.4 is 5.32 Å². The molecule has 0 radical (unpaired) electrons. The van der Waals surface area contributed by atoms with Crippen molar-refractivity contribution in [2.75, 3.05) is 13.2 Å². The number of hydrogen-bond acceptors (Lipinski definition) is 9. The third-order valence-electron chi connectivity index (χ3n) is 13.1. The summed E-state index contributed by atoms with van der Waals surface area (Å²) < 4.78 is 11.2. The van der Waals surface area contributed by atoms with Crippen LogP contribution >= 0.6 is 0 Å². The van der Waals surface area contributed by atoms with Gasteiger partial charge in [0.05, 0.1) is 25.4 Å². The number of aliphatic hydroxyl groups is 6. The molecule has 1 aliphatic rings. The minimum Gasteiger partial charge on any atom is -0.394 e. The lowest BCUT2D eigenvalue weighted by atomic mass is 9.98. The zero-order valence-electron chi connectivity index (χ0n) is 39.8. The van der Waals surface area contributed by atoms with Crippen molar-refractivity contribution in [3.8, 4) is 0 Å². The van der Waals surface area contributed by atoms with Gasteiger partial charge in [-0.2, -0.15) is 0 Å². The SMILES string of the molecule is CCCCCCCCCCCCCCCCCCCCCCCCCCCCCC(=O)N[C@@H](CO[C@@H]1O[C@H](CO)[C@@H](O)C(O)C1O)[C@H](O)[C@H](O)CCCCCCCCCCC. The lowest BCUT2D eigenvalue weighted by Crippen LogP contribution is -2.60. The third kappa shape index (κ3) is 31.6. The molecular weight excluding hydrogens is 771 g/mol. The number of carbonyl (C=O) groups excluding carboxylic acids is 1. The predicted molar refractivity (Wildman–Crippen MR) is 250 cm³/mol. The first-order valence-corrected chi connectivity index (χ1v) is 26.3. The van der Waals surface area contributed by atoms with Crippen LogP contribution in [-0.4, -0.2) is 98.7 Å². The maximum absolute atomic E-state index is 13.0. The Balaban J connectivity index is 2.17. The van der Waals surface area contributed by atoms with Gasteiger partial charge in [-0.25, -0.2) is 0 Å². The molecule has 10 nitrogen and oxygen atoms in total. The van der Waals surface area contributed by atoms with E-state index in [1.54, 1.807) is 0 Å². The van der Waals surface area contributed by atoms with Crippen molar-refractivity contribution in [2.45, 2.75) is 307 Å². The second-order valence-electron chi connectivity index (χ2n) is 18.8. The average molecular weight is 872 g/mol. The molecular formula is C51H101NO9. The Morgan fingerprint density at radius 1 is 0.508 bits per heavy atom. The van der Waals surface area contributed by atoms with Gasteiger partial charge in [-0.05, 0) is 12.8 Å². The summed E-state index contributed by atoms with van der Waals surface area (Å²) in [6.45, 7) is 3.61. The van der Waals surface area contributed by atoms with Crippen LogP contribution in [0, 0.1) is 0 Å². The Morgan fingerprint density at radius 3 is 1.21 bits per heavy atom. The van der Waals surface area contributed by atoms with Gasteiger partial charge < -0.3 is 45.4 Å². The summed E-state index contributed by atoms with van der Waals surface area (Å²) in [5.74, 6) is -0.253. The Bertz CT molecular complexity index is 942. The van der Waals surface area contributed by atoms with E-state index in [1.165, 1.54) is 186 Å². The van der Waals surface area contributed by atoms with E-state index in [1.807, 2.05) is 0 Å². The molecule has 0 aliphatic carbocycles. The first-order chi connectivity index (χ1) is 29.8. The molecule has 1 rings (SSSR count). The fourth-order valence-electron chi connectivity index (χ4n) is 8.79. The van der Waals surface area contributed by atoms with Crippen LogP contribution in [0.15, 0.2) is 0 Å². The fraction of sp³-hybridized carbons (Fsp3) is 0.980. The van der Waals surface area contributed by atoms with Crippen molar-refractivity contribution >= 4 is 5.91 Å². The van der Waals surface area contributed by atoms with Gasteiger partial charge in [0.15, 0.2) is 6.29 Å². The normalized spacial score (nSPS) is 20.8. The smallest absolute Gasteiger partial charge is 0.220 e. The van der Waals surface area contributed by atoms with Crippen LogP contribution in [-0.2, 0) is 14.3 Å². The van der Waals surface area contributed by atoms with Gasteiger partial charge >= 0.3 is 0 Å². The van der Waals surface area contributed by atoms with Crippen molar-refractivity contribution in [3.05, 3.63) is 0 Å². The highest BCUT2D eigenvalue weighted by Gasteiger charge is 2.44. The molecule has 1 heterocycles. The molecule has 0 aromatic heterocycles. The molecule has 2 unspecified atom stereocenters. The van der Waals surface area contributed by atoms with E-state index in [-0.39, 0.29) is 18.9 Å². The van der Waals surface area contributed by atoms with E-state index >= 15 is 0 Å². The second kappa shape index (κ2) is 41.8. The minimum atomic E-state index is -1.60. The van der Waals surface area contributed by atoms with E-state index in [0.29, 0.717) is 6.42 Å². The maximum Gasteiger partial charge on any atom is 0.220 e. The second-order valence-corrected chi connectivity index (χ2v) is 18.8. The summed E-state index contributed by atoms with van der Waals surface area (Å²) in [5.41, 5.74) is 0. The fourth-order valence-corrected chi connectivity index (χ4v) is 8.79. The van der Waals surface area contributed by atoms with Crippen LogP contribution in [0.25, 0.3) is 0 Å². The van der Waals surface area contributed by atoms with Crippen LogP contribution in [0.3, 0.4) is 0 Å². The van der Waals surface area contributed by atoms with E-state index < -0.39 is 55.6 Å². The van der Waals surface area contributed by atoms with E-state index in [0.717, 1.165) is 44.9 Å². The number of amides is 1. The maximum atomic E-state index is 13.0. The molecule has 7 N–H and O–H groups in total. The minimum absolute atomic E-state index is 0.253. The van der Waals surface area contributed by atoms with E-state index in [2.05, 4.69) is 19.2 Å².